The second-order valence-corrected chi connectivity index (χ2v) is 4.87. The van der Waals surface area contributed by atoms with Crippen molar-refractivity contribution in [1.82, 2.24) is 4.98 Å². The van der Waals surface area contributed by atoms with Gasteiger partial charge in [-0.3, -0.25) is 4.98 Å². The molecule has 0 saturated heterocycles. The van der Waals surface area contributed by atoms with Gasteiger partial charge in [-0.1, -0.05) is 24.3 Å². The number of hydrazone groups is 1. The molecule has 2 aromatic carbocycles. The first-order valence-electron chi connectivity index (χ1n) is 6.77. The van der Waals surface area contributed by atoms with Gasteiger partial charge in [0.05, 0.1) is 5.69 Å². The highest BCUT2D eigenvalue weighted by Crippen LogP contribution is 2.19. The largest absolute Gasteiger partial charge is 0.417 e. The molecule has 0 unspecified atom stereocenters. The number of nitrogens with zero attached hydrogens (tertiary/aromatic N) is 2. The summed E-state index contributed by atoms with van der Waals surface area (Å²) in [7, 11) is 0. The van der Waals surface area contributed by atoms with E-state index in [-0.39, 0.29) is 28.9 Å². The fraction of sp³-hybridized carbons (Fsp3) is 0.0667. The van der Waals surface area contributed by atoms with Crippen LogP contribution in [0.2, 0.25) is 0 Å². The van der Waals surface area contributed by atoms with Crippen molar-refractivity contribution in [3.8, 4) is 0 Å². The third-order valence-corrected chi connectivity index (χ3v) is 3.24. The summed E-state index contributed by atoms with van der Waals surface area (Å²) in [6, 6.07) is 12.0. The minimum atomic E-state index is -0.713. The minimum absolute atomic E-state index is 0.00737. The summed E-state index contributed by atoms with van der Waals surface area (Å²) in [4.78, 5) is 13.4. The highest BCUT2D eigenvalue weighted by Gasteiger charge is 2.13. The van der Waals surface area contributed by atoms with Crippen molar-refractivity contribution in [2.24, 2.45) is 16.7 Å². The van der Waals surface area contributed by atoms with Crippen molar-refractivity contribution >= 4 is 22.6 Å². The first kappa shape index (κ1) is 14.8. The van der Waals surface area contributed by atoms with Crippen LogP contribution in [0, 0.1) is 5.82 Å². The molecule has 1 heterocycles. The normalized spacial score (nSPS) is 11.8. The number of hydrogen-bond acceptors (Lipinski definition) is 5. The number of fused-ring (bicyclic) bond motifs is 1. The number of aromatic nitrogens is 1. The molecule has 0 atom stereocenters. The number of hydrogen-bond donors (Lipinski definition) is 3. The number of halogens is 1. The van der Waals surface area contributed by atoms with Crippen LogP contribution in [0.1, 0.15) is 5.56 Å². The van der Waals surface area contributed by atoms with Crippen LogP contribution in [-0.2, 0) is 6.42 Å². The topological polar surface area (TPSA) is 114 Å². The number of H-pyrrole nitrogens is 1. The Morgan fingerprint density at radius 1 is 1.26 bits per heavy atom. The Hall–Kier alpha value is -3.13. The van der Waals surface area contributed by atoms with Crippen molar-refractivity contribution in [3.63, 3.8) is 0 Å². The van der Waals surface area contributed by atoms with Crippen LogP contribution in [-0.4, -0.2) is 10.8 Å². The molecule has 118 valence electrons. The van der Waals surface area contributed by atoms with E-state index in [0.717, 1.165) is 5.12 Å². The van der Waals surface area contributed by atoms with E-state index < -0.39 is 11.6 Å². The summed E-state index contributed by atoms with van der Waals surface area (Å²) in [5.74, 6) is 4.60. The molecule has 3 rings (SSSR count). The van der Waals surface area contributed by atoms with E-state index in [9.17, 15) is 9.18 Å². The Labute approximate surface area is 130 Å². The molecule has 0 fully saturated rings. The predicted molar refractivity (Wildman–Crippen MR) is 85.2 cm³/mol. The van der Waals surface area contributed by atoms with Gasteiger partial charge in [-0.15, -0.1) is 5.10 Å². The van der Waals surface area contributed by atoms with Crippen LogP contribution in [0.25, 0.3) is 11.1 Å². The third-order valence-electron chi connectivity index (χ3n) is 3.24. The molecule has 0 aliphatic heterocycles. The second kappa shape index (κ2) is 5.93. The number of oxazole rings is 1. The molecular formula is C15H14FN5O2. The number of aromatic amines is 1. The quantitative estimate of drug-likeness (QED) is 0.292. The molecule has 0 spiro atoms. The van der Waals surface area contributed by atoms with Crippen LogP contribution < -0.4 is 22.5 Å². The molecular weight excluding hydrogens is 301 g/mol. The molecule has 0 aliphatic carbocycles. The smallest absolute Gasteiger partial charge is 0.408 e. The van der Waals surface area contributed by atoms with Gasteiger partial charge in [-0.25, -0.2) is 15.0 Å². The number of anilines is 1. The van der Waals surface area contributed by atoms with Crippen molar-refractivity contribution < 1.29 is 8.81 Å². The van der Waals surface area contributed by atoms with Gasteiger partial charge in [-0.2, -0.15) is 5.12 Å². The fourth-order valence-electron chi connectivity index (χ4n) is 2.17. The average molecular weight is 315 g/mol. The lowest BCUT2D eigenvalue weighted by molar-refractivity contribution is 0.555. The highest BCUT2D eigenvalue weighted by atomic mass is 19.1. The van der Waals surface area contributed by atoms with E-state index in [4.69, 9.17) is 16.0 Å². The molecule has 3 aromatic rings. The zero-order chi connectivity index (χ0) is 16.4. The maximum absolute atomic E-state index is 14.3. The zero-order valence-corrected chi connectivity index (χ0v) is 12.0. The van der Waals surface area contributed by atoms with E-state index in [1.807, 2.05) is 18.2 Å². The van der Waals surface area contributed by atoms with Crippen molar-refractivity contribution in [3.05, 3.63) is 64.4 Å². The second-order valence-electron chi connectivity index (χ2n) is 4.87. The lowest BCUT2D eigenvalue weighted by Crippen LogP contribution is -2.29. The Balaban J connectivity index is 1.85. The number of hydrazine groups is 1. The van der Waals surface area contributed by atoms with Crippen LogP contribution in [0.3, 0.4) is 0 Å². The SMILES string of the molecule is N/C(Cc1ccc2oc(=O)[nH]c2c1F)=N\N(N)c1ccccc1. The van der Waals surface area contributed by atoms with Gasteiger partial charge >= 0.3 is 5.76 Å². The summed E-state index contributed by atoms with van der Waals surface area (Å²) >= 11 is 0. The summed E-state index contributed by atoms with van der Waals surface area (Å²) in [5, 5.41) is 5.13. The minimum Gasteiger partial charge on any atom is -0.408 e. The van der Waals surface area contributed by atoms with Crippen LogP contribution in [0.15, 0.2) is 56.8 Å². The van der Waals surface area contributed by atoms with Gasteiger partial charge in [0.1, 0.15) is 11.4 Å². The number of nitrogens with one attached hydrogen (secondary N) is 1. The molecule has 0 radical (unpaired) electrons. The van der Waals surface area contributed by atoms with E-state index >= 15 is 0 Å². The number of amidine groups is 1. The van der Waals surface area contributed by atoms with Crippen molar-refractivity contribution in [2.75, 3.05) is 5.12 Å². The maximum atomic E-state index is 14.3. The van der Waals surface area contributed by atoms with Gasteiger partial charge in [0.15, 0.2) is 11.4 Å². The van der Waals surface area contributed by atoms with Crippen molar-refractivity contribution in [2.45, 2.75) is 6.42 Å². The number of para-hydroxylation sites is 1. The van der Waals surface area contributed by atoms with Gasteiger partial charge in [-0.05, 0) is 23.8 Å². The van der Waals surface area contributed by atoms with Gasteiger partial charge < -0.3 is 10.2 Å². The van der Waals surface area contributed by atoms with E-state index in [0.29, 0.717) is 5.69 Å². The zero-order valence-electron chi connectivity index (χ0n) is 12.0. The molecule has 0 bridgehead atoms. The molecule has 7 nitrogen and oxygen atoms in total. The number of rotatable bonds is 4. The van der Waals surface area contributed by atoms with E-state index in [2.05, 4.69) is 10.1 Å². The molecule has 5 N–H and O–H groups in total. The third kappa shape index (κ3) is 3.06. The first-order valence-corrected chi connectivity index (χ1v) is 6.77. The fourth-order valence-corrected chi connectivity index (χ4v) is 2.17. The van der Waals surface area contributed by atoms with E-state index in [1.165, 1.54) is 12.1 Å². The standard InChI is InChI=1S/C15H14FN5O2/c16-13-9(6-7-11-14(13)19-15(22)23-11)8-12(17)20-21(18)10-4-2-1-3-5-10/h1-7H,8,18H2,(H2,17,20)(H,19,22). The van der Waals surface area contributed by atoms with Crippen LogP contribution in [0.5, 0.6) is 0 Å². The summed E-state index contributed by atoms with van der Waals surface area (Å²) in [6.45, 7) is 0. The lowest BCUT2D eigenvalue weighted by Gasteiger charge is -2.13. The van der Waals surface area contributed by atoms with Gasteiger partial charge in [0, 0.05) is 6.42 Å². The highest BCUT2D eigenvalue weighted by molar-refractivity contribution is 5.85. The molecule has 0 aliphatic rings. The molecule has 0 amide bonds. The molecule has 1 aromatic heterocycles. The predicted octanol–water partition coefficient (Wildman–Crippen LogP) is 1.46. The average Bonchev–Trinajstić information content (AvgIpc) is 2.92. The summed E-state index contributed by atoms with van der Waals surface area (Å²) in [5.41, 5.74) is 6.90. The number of benzene rings is 2. The summed E-state index contributed by atoms with van der Waals surface area (Å²) in [6.07, 6.45) is 0.0372. The molecule has 23 heavy (non-hydrogen) atoms. The van der Waals surface area contributed by atoms with E-state index in [1.54, 1.807) is 12.1 Å². The van der Waals surface area contributed by atoms with Crippen LogP contribution in [0.4, 0.5) is 10.1 Å². The summed E-state index contributed by atoms with van der Waals surface area (Å²) < 4.78 is 19.1. The van der Waals surface area contributed by atoms with Crippen molar-refractivity contribution in [1.29, 1.82) is 0 Å². The maximum Gasteiger partial charge on any atom is 0.417 e. The Kier molecular flexibility index (Phi) is 3.82. The molecule has 0 saturated carbocycles. The lowest BCUT2D eigenvalue weighted by atomic mass is 10.1. The van der Waals surface area contributed by atoms with Gasteiger partial charge in [0.25, 0.3) is 0 Å². The monoisotopic (exact) mass is 315 g/mol. The number of nitrogens with two attached hydrogens (primary N) is 2. The molecule has 8 heteroatoms. The van der Waals surface area contributed by atoms with Crippen LogP contribution >= 0.6 is 0 Å². The first-order chi connectivity index (χ1) is 11.0. The Bertz CT molecular complexity index is 917. The van der Waals surface area contributed by atoms with Gasteiger partial charge in [0.2, 0.25) is 0 Å². The Morgan fingerprint density at radius 3 is 2.74 bits per heavy atom. The Morgan fingerprint density at radius 2 is 2.00 bits per heavy atom.